The molecule has 146 valence electrons. The first-order chi connectivity index (χ1) is 13.6. The van der Waals surface area contributed by atoms with Crippen LogP contribution in [0.4, 0.5) is 0 Å². The van der Waals surface area contributed by atoms with Crippen LogP contribution in [0.3, 0.4) is 0 Å². The van der Waals surface area contributed by atoms with E-state index in [2.05, 4.69) is 43.1 Å². The molecule has 1 aliphatic rings. The number of rotatable bonds is 6. The summed E-state index contributed by atoms with van der Waals surface area (Å²) in [6.07, 6.45) is 5.49. The molecule has 0 N–H and O–H groups in total. The van der Waals surface area contributed by atoms with Crippen LogP contribution in [-0.2, 0) is 30.7 Å². The van der Waals surface area contributed by atoms with Crippen LogP contribution in [-0.4, -0.2) is 26.9 Å². The normalized spacial score (nSPS) is 13.1. The highest BCUT2D eigenvalue weighted by molar-refractivity contribution is 7.18. The zero-order valence-corrected chi connectivity index (χ0v) is 17.2. The van der Waals surface area contributed by atoms with Crippen LogP contribution in [0.2, 0.25) is 0 Å². The lowest BCUT2D eigenvalue weighted by Crippen LogP contribution is -2.36. The summed E-state index contributed by atoms with van der Waals surface area (Å²) in [4.78, 5) is 34.4. The molecule has 2 aromatic heterocycles. The Morgan fingerprint density at radius 1 is 1.25 bits per heavy atom. The van der Waals surface area contributed by atoms with Crippen LogP contribution < -0.4 is 5.56 Å². The average Bonchev–Trinajstić information content (AvgIpc) is 3.26. The molecule has 0 aliphatic heterocycles. The van der Waals surface area contributed by atoms with E-state index in [4.69, 9.17) is 0 Å². The quantitative estimate of drug-likeness (QED) is 0.640. The maximum absolute atomic E-state index is 13.0. The molecule has 3 aromatic rings. The second-order valence-corrected chi connectivity index (χ2v) is 8.60. The van der Waals surface area contributed by atoms with Crippen molar-refractivity contribution in [3.63, 3.8) is 0 Å². The van der Waals surface area contributed by atoms with Gasteiger partial charge in [-0.05, 0) is 43.7 Å². The lowest BCUT2D eigenvalue weighted by Gasteiger charge is -2.23. The van der Waals surface area contributed by atoms with Gasteiger partial charge < -0.3 is 4.90 Å². The Morgan fingerprint density at radius 2 is 2.04 bits per heavy atom. The highest BCUT2D eigenvalue weighted by Crippen LogP contribution is 2.34. The number of benzene rings is 1. The van der Waals surface area contributed by atoms with Crippen LogP contribution in [0.1, 0.15) is 41.3 Å². The van der Waals surface area contributed by atoms with E-state index >= 15 is 0 Å². The van der Waals surface area contributed by atoms with Crippen LogP contribution in [0.5, 0.6) is 0 Å². The first-order valence-corrected chi connectivity index (χ1v) is 10.7. The molecule has 4 rings (SSSR count). The molecular weight excluding hydrogens is 370 g/mol. The van der Waals surface area contributed by atoms with Crippen LogP contribution in [0.15, 0.2) is 35.4 Å². The molecule has 0 saturated heterocycles. The minimum absolute atomic E-state index is 0.0399. The molecule has 0 unspecified atom stereocenters. The van der Waals surface area contributed by atoms with E-state index < -0.39 is 0 Å². The standard InChI is InChI=1S/C22H25N3O2S/c1-3-11-24(12-16-9-7-15(2)8-10-16)19(26)13-25-14-23-21-20(22(25)27)17-5-4-6-18(17)28-21/h7-10,14H,3-6,11-13H2,1-2H3. The fourth-order valence-electron chi connectivity index (χ4n) is 3.85. The van der Waals surface area contributed by atoms with E-state index in [-0.39, 0.29) is 18.0 Å². The summed E-state index contributed by atoms with van der Waals surface area (Å²) in [7, 11) is 0. The second kappa shape index (κ2) is 7.87. The van der Waals surface area contributed by atoms with Crippen molar-refractivity contribution >= 4 is 27.5 Å². The Kier molecular flexibility index (Phi) is 5.31. The Hall–Kier alpha value is -2.47. The molecule has 0 atom stereocenters. The molecule has 0 saturated carbocycles. The first kappa shape index (κ1) is 18.9. The molecule has 2 heterocycles. The Balaban J connectivity index is 1.58. The molecule has 0 radical (unpaired) electrons. The Labute approximate surface area is 168 Å². The van der Waals surface area contributed by atoms with Gasteiger partial charge in [-0.3, -0.25) is 14.2 Å². The summed E-state index contributed by atoms with van der Waals surface area (Å²) < 4.78 is 1.48. The largest absolute Gasteiger partial charge is 0.337 e. The maximum Gasteiger partial charge on any atom is 0.262 e. The van der Waals surface area contributed by atoms with Gasteiger partial charge in [0, 0.05) is 18.0 Å². The number of carbonyl (C=O) groups is 1. The summed E-state index contributed by atoms with van der Waals surface area (Å²) in [6, 6.07) is 8.23. The molecule has 0 fully saturated rings. The number of nitrogens with zero attached hydrogens (tertiary/aromatic N) is 3. The fraction of sp³-hybridized carbons (Fsp3) is 0.409. The van der Waals surface area contributed by atoms with Crippen LogP contribution >= 0.6 is 11.3 Å². The van der Waals surface area contributed by atoms with Crippen molar-refractivity contribution in [3.05, 3.63) is 62.5 Å². The molecule has 28 heavy (non-hydrogen) atoms. The lowest BCUT2D eigenvalue weighted by molar-refractivity contribution is -0.132. The fourth-order valence-corrected chi connectivity index (χ4v) is 5.07. The van der Waals surface area contributed by atoms with Gasteiger partial charge in [0.2, 0.25) is 5.91 Å². The highest BCUT2D eigenvalue weighted by Gasteiger charge is 2.22. The summed E-state index contributed by atoms with van der Waals surface area (Å²) in [5.41, 5.74) is 3.38. The molecule has 0 bridgehead atoms. The average molecular weight is 396 g/mol. The zero-order chi connectivity index (χ0) is 19.7. The molecule has 5 nitrogen and oxygen atoms in total. The number of aromatic nitrogens is 2. The molecule has 1 amide bonds. The van der Waals surface area contributed by atoms with E-state index in [1.807, 2.05) is 4.90 Å². The predicted octanol–water partition coefficient (Wildman–Crippen LogP) is 3.69. The lowest BCUT2D eigenvalue weighted by atomic mass is 10.1. The first-order valence-electron chi connectivity index (χ1n) is 9.90. The molecule has 1 aliphatic carbocycles. The number of hydrogen-bond donors (Lipinski definition) is 0. The Morgan fingerprint density at radius 3 is 2.79 bits per heavy atom. The summed E-state index contributed by atoms with van der Waals surface area (Å²) >= 11 is 1.63. The van der Waals surface area contributed by atoms with Gasteiger partial charge in [0.25, 0.3) is 5.56 Å². The number of fused-ring (bicyclic) bond motifs is 3. The minimum Gasteiger partial charge on any atom is -0.337 e. The zero-order valence-electron chi connectivity index (χ0n) is 16.4. The van der Waals surface area contributed by atoms with Gasteiger partial charge in [-0.1, -0.05) is 36.8 Å². The number of aryl methyl sites for hydroxylation is 3. The van der Waals surface area contributed by atoms with Crippen molar-refractivity contribution in [3.8, 4) is 0 Å². The number of thiophene rings is 1. The van der Waals surface area contributed by atoms with Gasteiger partial charge in [0.05, 0.1) is 11.7 Å². The van der Waals surface area contributed by atoms with Crippen LogP contribution in [0.25, 0.3) is 10.2 Å². The van der Waals surface area contributed by atoms with Crippen molar-refractivity contribution in [1.82, 2.24) is 14.5 Å². The van der Waals surface area contributed by atoms with Crippen molar-refractivity contribution in [2.75, 3.05) is 6.54 Å². The molecule has 6 heteroatoms. The van der Waals surface area contributed by atoms with Gasteiger partial charge in [0.15, 0.2) is 0 Å². The number of carbonyl (C=O) groups excluding carboxylic acids is 1. The molecule has 0 spiro atoms. The smallest absolute Gasteiger partial charge is 0.262 e. The van der Waals surface area contributed by atoms with Gasteiger partial charge in [-0.15, -0.1) is 11.3 Å². The monoisotopic (exact) mass is 395 g/mol. The van der Waals surface area contributed by atoms with E-state index in [9.17, 15) is 9.59 Å². The minimum atomic E-state index is -0.0791. The van der Waals surface area contributed by atoms with E-state index in [1.54, 1.807) is 11.3 Å². The van der Waals surface area contributed by atoms with Crippen molar-refractivity contribution in [1.29, 1.82) is 0 Å². The summed E-state index contributed by atoms with van der Waals surface area (Å²) in [5, 5.41) is 0.730. The second-order valence-electron chi connectivity index (χ2n) is 7.52. The highest BCUT2D eigenvalue weighted by atomic mass is 32.1. The molecular formula is C22H25N3O2S. The van der Waals surface area contributed by atoms with Crippen molar-refractivity contribution < 1.29 is 4.79 Å². The van der Waals surface area contributed by atoms with Gasteiger partial charge in [0.1, 0.15) is 11.4 Å². The van der Waals surface area contributed by atoms with Gasteiger partial charge in [-0.2, -0.15) is 0 Å². The van der Waals surface area contributed by atoms with E-state index in [0.29, 0.717) is 13.1 Å². The summed E-state index contributed by atoms with van der Waals surface area (Å²) in [6.45, 7) is 5.38. The summed E-state index contributed by atoms with van der Waals surface area (Å²) in [5.74, 6) is -0.0439. The number of hydrogen-bond acceptors (Lipinski definition) is 4. The molecule has 1 aromatic carbocycles. The third-order valence-corrected chi connectivity index (χ3v) is 6.54. The Bertz CT molecular complexity index is 1070. The number of amides is 1. The van der Waals surface area contributed by atoms with Gasteiger partial charge >= 0.3 is 0 Å². The predicted molar refractivity (Wildman–Crippen MR) is 113 cm³/mol. The maximum atomic E-state index is 13.0. The third kappa shape index (κ3) is 3.61. The van der Waals surface area contributed by atoms with E-state index in [0.717, 1.165) is 47.0 Å². The van der Waals surface area contributed by atoms with E-state index in [1.165, 1.54) is 21.3 Å². The topological polar surface area (TPSA) is 55.2 Å². The van der Waals surface area contributed by atoms with Crippen molar-refractivity contribution in [2.45, 2.75) is 52.6 Å². The van der Waals surface area contributed by atoms with Crippen molar-refractivity contribution in [2.24, 2.45) is 0 Å². The third-order valence-electron chi connectivity index (χ3n) is 5.34. The van der Waals surface area contributed by atoms with Crippen LogP contribution in [0, 0.1) is 6.92 Å². The SMILES string of the molecule is CCCN(Cc1ccc(C)cc1)C(=O)Cn1cnc2sc3c(c2c1=O)CCC3. The van der Waals surface area contributed by atoms with Gasteiger partial charge in [-0.25, -0.2) is 4.98 Å².